The van der Waals surface area contributed by atoms with Crippen LogP contribution in [0, 0.1) is 6.92 Å². The zero-order valence-electron chi connectivity index (χ0n) is 13.3. The lowest BCUT2D eigenvalue weighted by molar-refractivity contribution is 0.0647. The standard InChI is InChI=1S/C18H19N3O2/c1-12-7-8-20-11-15(19-17(20)10-12)18(22)21(14-5-6-14)13(2)16-4-3-9-23-16/h3-4,7-11,13-14H,5-6H2,1-2H3. The van der Waals surface area contributed by atoms with Crippen molar-refractivity contribution in [3.63, 3.8) is 0 Å². The van der Waals surface area contributed by atoms with Crippen molar-refractivity contribution in [2.24, 2.45) is 0 Å². The number of carbonyl (C=O) groups excluding carboxylic acids is 1. The van der Waals surface area contributed by atoms with E-state index in [1.165, 1.54) is 0 Å². The van der Waals surface area contributed by atoms with Gasteiger partial charge in [-0.15, -0.1) is 0 Å². The van der Waals surface area contributed by atoms with E-state index < -0.39 is 0 Å². The molecule has 5 nitrogen and oxygen atoms in total. The van der Waals surface area contributed by atoms with Gasteiger partial charge in [0.05, 0.1) is 12.3 Å². The molecule has 0 aromatic carbocycles. The number of fused-ring (bicyclic) bond motifs is 1. The van der Waals surface area contributed by atoms with Gasteiger partial charge in [-0.3, -0.25) is 4.79 Å². The minimum Gasteiger partial charge on any atom is -0.467 e. The van der Waals surface area contributed by atoms with Gasteiger partial charge in [0.2, 0.25) is 0 Å². The maximum Gasteiger partial charge on any atom is 0.274 e. The lowest BCUT2D eigenvalue weighted by Crippen LogP contribution is -2.35. The van der Waals surface area contributed by atoms with Crippen LogP contribution in [0.25, 0.3) is 5.65 Å². The Hall–Kier alpha value is -2.56. The Morgan fingerprint density at radius 1 is 1.43 bits per heavy atom. The van der Waals surface area contributed by atoms with Gasteiger partial charge < -0.3 is 13.7 Å². The van der Waals surface area contributed by atoms with Crippen molar-refractivity contribution in [3.8, 4) is 0 Å². The van der Waals surface area contributed by atoms with Gasteiger partial charge in [-0.1, -0.05) is 0 Å². The Kier molecular flexibility index (Phi) is 3.22. The van der Waals surface area contributed by atoms with Crippen molar-refractivity contribution in [3.05, 3.63) is 59.9 Å². The van der Waals surface area contributed by atoms with Crippen LogP contribution in [-0.4, -0.2) is 26.2 Å². The third-order valence-electron chi connectivity index (χ3n) is 4.38. The van der Waals surface area contributed by atoms with Crippen LogP contribution in [-0.2, 0) is 0 Å². The van der Waals surface area contributed by atoms with Crippen molar-refractivity contribution >= 4 is 11.6 Å². The van der Waals surface area contributed by atoms with E-state index in [0.717, 1.165) is 29.8 Å². The highest BCUT2D eigenvalue weighted by Gasteiger charge is 2.38. The molecule has 0 radical (unpaired) electrons. The minimum absolute atomic E-state index is 0.0299. The largest absolute Gasteiger partial charge is 0.467 e. The monoisotopic (exact) mass is 309 g/mol. The third kappa shape index (κ3) is 2.52. The van der Waals surface area contributed by atoms with Gasteiger partial charge in [0, 0.05) is 18.4 Å². The number of nitrogens with zero attached hydrogens (tertiary/aromatic N) is 3. The SMILES string of the molecule is Cc1ccn2cc(C(=O)N(C3CC3)C(C)c3ccco3)nc2c1. The van der Waals surface area contributed by atoms with Crippen LogP contribution in [0.15, 0.2) is 47.3 Å². The van der Waals surface area contributed by atoms with Gasteiger partial charge in [0.1, 0.15) is 17.1 Å². The summed E-state index contributed by atoms with van der Waals surface area (Å²) in [6.45, 7) is 4.03. The first-order valence-corrected chi connectivity index (χ1v) is 7.95. The highest BCUT2D eigenvalue weighted by molar-refractivity contribution is 5.93. The normalized spacial score (nSPS) is 15.7. The molecule has 5 heteroatoms. The molecule has 1 unspecified atom stereocenters. The molecule has 23 heavy (non-hydrogen) atoms. The molecule has 118 valence electrons. The molecule has 0 spiro atoms. The third-order valence-corrected chi connectivity index (χ3v) is 4.38. The summed E-state index contributed by atoms with van der Waals surface area (Å²) in [5.41, 5.74) is 2.42. The Balaban J connectivity index is 1.69. The fourth-order valence-electron chi connectivity index (χ4n) is 3.00. The van der Waals surface area contributed by atoms with Crippen molar-refractivity contribution in [2.75, 3.05) is 0 Å². The van der Waals surface area contributed by atoms with Gasteiger partial charge in [-0.05, 0) is 56.5 Å². The smallest absolute Gasteiger partial charge is 0.274 e. The highest BCUT2D eigenvalue weighted by atomic mass is 16.3. The lowest BCUT2D eigenvalue weighted by Gasteiger charge is -2.27. The Bertz CT molecular complexity index is 846. The Morgan fingerprint density at radius 3 is 2.96 bits per heavy atom. The highest BCUT2D eigenvalue weighted by Crippen LogP contribution is 2.35. The molecule has 0 aliphatic heterocycles. The molecule has 1 amide bonds. The van der Waals surface area contributed by atoms with Crippen LogP contribution in [0.4, 0.5) is 0 Å². The summed E-state index contributed by atoms with van der Waals surface area (Å²) in [6.07, 6.45) is 7.48. The molecule has 1 fully saturated rings. The maximum absolute atomic E-state index is 13.0. The number of carbonyl (C=O) groups is 1. The first-order valence-electron chi connectivity index (χ1n) is 7.95. The summed E-state index contributed by atoms with van der Waals surface area (Å²) >= 11 is 0. The second-order valence-corrected chi connectivity index (χ2v) is 6.23. The van der Waals surface area contributed by atoms with E-state index in [1.807, 2.05) is 53.6 Å². The minimum atomic E-state index is -0.0865. The molecule has 0 N–H and O–H groups in total. The van der Waals surface area contributed by atoms with E-state index >= 15 is 0 Å². The molecule has 1 aliphatic carbocycles. The lowest BCUT2D eigenvalue weighted by atomic mass is 10.2. The number of pyridine rings is 1. The van der Waals surface area contributed by atoms with Crippen molar-refractivity contribution in [1.29, 1.82) is 0 Å². The predicted octanol–water partition coefficient (Wildman–Crippen LogP) is 3.60. The van der Waals surface area contributed by atoms with E-state index in [-0.39, 0.29) is 18.0 Å². The molecule has 1 atom stereocenters. The summed E-state index contributed by atoms with van der Waals surface area (Å²) in [5, 5.41) is 0. The molecular weight excluding hydrogens is 290 g/mol. The van der Waals surface area contributed by atoms with Gasteiger partial charge in [0.15, 0.2) is 0 Å². The molecule has 1 aliphatic rings. The molecule has 3 aromatic rings. The van der Waals surface area contributed by atoms with E-state index in [4.69, 9.17) is 4.42 Å². The summed E-state index contributed by atoms with van der Waals surface area (Å²) in [5.74, 6) is 0.780. The Labute approximate surface area is 134 Å². The van der Waals surface area contributed by atoms with Crippen LogP contribution < -0.4 is 0 Å². The van der Waals surface area contributed by atoms with E-state index in [1.54, 1.807) is 12.5 Å². The topological polar surface area (TPSA) is 50.8 Å². The van der Waals surface area contributed by atoms with Gasteiger partial charge >= 0.3 is 0 Å². The number of furan rings is 1. The fourth-order valence-corrected chi connectivity index (χ4v) is 3.00. The van der Waals surface area contributed by atoms with Crippen LogP contribution in [0.1, 0.15) is 47.6 Å². The Morgan fingerprint density at radius 2 is 2.26 bits per heavy atom. The summed E-state index contributed by atoms with van der Waals surface area (Å²) in [6, 6.07) is 7.96. The quantitative estimate of drug-likeness (QED) is 0.740. The number of rotatable bonds is 4. The second-order valence-electron chi connectivity index (χ2n) is 6.23. The molecule has 3 aromatic heterocycles. The van der Waals surface area contributed by atoms with Gasteiger partial charge in [-0.2, -0.15) is 0 Å². The number of aryl methyl sites for hydroxylation is 1. The average molecular weight is 309 g/mol. The zero-order chi connectivity index (χ0) is 16.0. The predicted molar refractivity (Wildman–Crippen MR) is 86.2 cm³/mol. The molecule has 0 bridgehead atoms. The van der Waals surface area contributed by atoms with E-state index in [0.29, 0.717) is 5.69 Å². The van der Waals surface area contributed by atoms with Gasteiger partial charge in [0.25, 0.3) is 5.91 Å². The molecule has 3 heterocycles. The van der Waals surface area contributed by atoms with Crippen LogP contribution in [0.5, 0.6) is 0 Å². The molecule has 1 saturated carbocycles. The second kappa shape index (κ2) is 5.26. The number of hydrogen-bond donors (Lipinski definition) is 0. The maximum atomic E-state index is 13.0. The molecule has 4 rings (SSSR count). The average Bonchev–Trinajstić information content (AvgIpc) is 3.05. The van der Waals surface area contributed by atoms with Crippen molar-refractivity contribution in [1.82, 2.24) is 14.3 Å². The first kappa shape index (κ1) is 14.1. The van der Waals surface area contributed by atoms with Crippen LogP contribution in [0.2, 0.25) is 0 Å². The zero-order valence-corrected chi connectivity index (χ0v) is 13.3. The number of imidazole rings is 1. The molecule has 0 saturated heterocycles. The fraction of sp³-hybridized carbons (Fsp3) is 0.333. The van der Waals surface area contributed by atoms with Crippen LogP contribution >= 0.6 is 0 Å². The number of amides is 1. The van der Waals surface area contributed by atoms with Gasteiger partial charge in [-0.25, -0.2) is 4.98 Å². The first-order chi connectivity index (χ1) is 11.1. The van der Waals surface area contributed by atoms with E-state index in [2.05, 4.69) is 4.98 Å². The van der Waals surface area contributed by atoms with Crippen molar-refractivity contribution < 1.29 is 9.21 Å². The summed E-state index contributed by atoms with van der Waals surface area (Å²) < 4.78 is 7.39. The van der Waals surface area contributed by atoms with Crippen molar-refractivity contribution in [2.45, 2.75) is 38.8 Å². The number of hydrogen-bond acceptors (Lipinski definition) is 3. The van der Waals surface area contributed by atoms with Crippen LogP contribution in [0.3, 0.4) is 0 Å². The summed E-state index contributed by atoms with van der Waals surface area (Å²) in [4.78, 5) is 19.4. The number of aromatic nitrogens is 2. The molecular formula is C18H19N3O2. The summed E-state index contributed by atoms with van der Waals surface area (Å²) in [7, 11) is 0. The van der Waals surface area contributed by atoms with E-state index in [9.17, 15) is 4.79 Å².